The Hall–Kier alpha value is -0.710. The third kappa shape index (κ3) is 3.07. The molecule has 1 heterocycles. The molecule has 0 unspecified atom stereocenters. The zero-order valence-corrected chi connectivity index (χ0v) is 12.9. The van der Waals surface area contributed by atoms with E-state index in [-0.39, 0.29) is 5.82 Å². The number of halogens is 2. The standard InChI is InChI=1S/C15H15BrFNS/c16-12-4-5-14(17)11(6-12)8-18-9-13-7-10-2-1-3-15(10)19-13/h4-7,18H,1-3,8-9H2. The Morgan fingerprint density at radius 3 is 2.95 bits per heavy atom. The molecule has 0 bridgehead atoms. The Labute approximate surface area is 125 Å². The number of thiophene rings is 1. The molecule has 3 rings (SSSR count). The highest BCUT2D eigenvalue weighted by molar-refractivity contribution is 9.10. The molecular weight excluding hydrogens is 325 g/mol. The molecule has 0 atom stereocenters. The van der Waals surface area contributed by atoms with Crippen LogP contribution >= 0.6 is 27.3 Å². The van der Waals surface area contributed by atoms with Gasteiger partial charge in [0.25, 0.3) is 0 Å². The summed E-state index contributed by atoms with van der Waals surface area (Å²) in [4.78, 5) is 2.91. The van der Waals surface area contributed by atoms with Gasteiger partial charge in [0.2, 0.25) is 0 Å². The van der Waals surface area contributed by atoms with Gasteiger partial charge >= 0.3 is 0 Å². The van der Waals surface area contributed by atoms with Gasteiger partial charge in [0.05, 0.1) is 0 Å². The molecule has 1 aliphatic rings. The fourth-order valence-corrected chi connectivity index (χ4v) is 4.12. The molecule has 1 nitrogen and oxygen atoms in total. The lowest BCUT2D eigenvalue weighted by Gasteiger charge is -2.05. The molecule has 0 spiro atoms. The van der Waals surface area contributed by atoms with Crippen molar-refractivity contribution in [2.75, 3.05) is 0 Å². The zero-order chi connectivity index (χ0) is 13.2. The predicted molar refractivity (Wildman–Crippen MR) is 81.0 cm³/mol. The summed E-state index contributed by atoms with van der Waals surface area (Å²) >= 11 is 5.27. The molecule has 1 aromatic heterocycles. The molecule has 100 valence electrons. The highest BCUT2D eigenvalue weighted by Crippen LogP contribution is 2.30. The van der Waals surface area contributed by atoms with Crippen molar-refractivity contribution < 1.29 is 4.39 Å². The number of benzene rings is 1. The van der Waals surface area contributed by atoms with E-state index >= 15 is 0 Å². The molecule has 1 aromatic carbocycles. The molecule has 0 radical (unpaired) electrons. The molecule has 0 saturated heterocycles. The lowest BCUT2D eigenvalue weighted by molar-refractivity contribution is 0.588. The van der Waals surface area contributed by atoms with E-state index in [2.05, 4.69) is 27.3 Å². The van der Waals surface area contributed by atoms with Gasteiger partial charge in [0, 0.05) is 32.9 Å². The maximum Gasteiger partial charge on any atom is 0.127 e. The molecular formula is C15H15BrFNS. The van der Waals surface area contributed by atoms with E-state index in [4.69, 9.17) is 0 Å². The first kappa shape index (κ1) is 13.3. The van der Waals surface area contributed by atoms with Crippen molar-refractivity contribution in [2.24, 2.45) is 0 Å². The lowest BCUT2D eigenvalue weighted by atomic mass is 10.2. The van der Waals surface area contributed by atoms with Crippen LogP contribution in [-0.4, -0.2) is 0 Å². The summed E-state index contributed by atoms with van der Waals surface area (Å²) in [5.41, 5.74) is 2.23. The smallest absolute Gasteiger partial charge is 0.127 e. The van der Waals surface area contributed by atoms with Gasteiger partial charge in [-0.25, -0.2) is 4.39 Å². The second-order valence-electron chi connectivity index (χ2n) is 4.85. The van der Waals surface area contributed by atoms with Crippen molar-refractivity contribution in [3.63, 3.8) is 0 Å². The van der Waals surface area contributed by atoms with Crippen LogP contribution in [0.4, 0.5) is 4.39 Å². The van der Waals surface area contributed by atoms with E-state index in [1.165, 1.54) is 35.8 Å². The number of aryl methyl sites for hydroxylation is 2. The monoisotopic (exact) mass is 339 g/mol. The first-order chi connectivity index (χ1) is 9.22. The van der Waals surface area contributed by atoms with Gasteiger partial charge in [-0.05, 0) is 49.1 Å². The van der Waals surface area contributed by atoms with Gasteiger partial charge in [0.15, 0.2) is 0 Å². The quantitative estimate of drug-likeness (QED) is 0.868. The topological polar surface area (TPSA) is 12.0 Å². The van der Waals surface area contributed by atoms with Gasteiger partial charge in [-0.1, -0.05) is 15.9 Å². The lowest BCUT2D eigenvalue weighted by Crippen LogP contribution is -2.13. The molecule has 19 heavy (non-hydrogen) atoms. The Morgan fingerprint density at radius 1 is 1.21 bits per heavy atom. The molecule has 0 saturated carbocycles. The van der Waals surface area contributed by atoms with Crippen molar-refractivity contribution in [1.82, 2.24) is 5.32 Å². The second-order valence-corrected chi connectivity index (χ2v) is 6.99. The second kappa shape index (κ2) is 5.73. The van der Waals surface area contributed by atoms with Gasteiger partial charge in [-0.2, -0.15) is 0 Å². The normalized spacial score (nSPS) is 13.8. The molecule has 0 fully saturated rings. The van der Waals surface area contributed by atoms with Crippen LogP contribution in [0.15, 0.2) is 28.7 Å². The maximum atomic E-state index is 13.6. The van der Waals surface area contributed by atoms with Gasteiger partial charge in [-0.15, -0.1) is 11.3 Å². The Morgan fingerprint density at radius 2 is 2.11 bits per heavy atom. The van der Waals surface area contributed by atoms with Crippen LogP contribution in [0.3, 0.4) is 0 Å². The van der Waals surface area contributed by atoms with Crippen molar-refractivity contribution in [3.8, 4) is 0 Å². The Bertz CT molecular complexity index is 572. The number of rotatable bonds is 4. The van der Waals surface area contributed by atoms with Gasteiger partial charge in [-0.3, -0.25) is 0 Å². The van der Waals surface area contributed by atoms with E-state index in [1.54, 1.807) is 10.9 Å². The summed E-state index contributed by atoms with van der Waals surface area (Å²) in [6, 6.07) is 7.36. The molecule has 0 aliphatic heterocycles. The molecule has 4 heteroatoms. The zero-order valence-electron chi connectivity index (χ0n) is 10.5. The van der Waals surface area contributed by atoms with E-state index in [9.17, 15) is 4.39 Å². The average molecular weight is 340 g/mol. The Balaban J connectivity index is 1.59. The highest BCUT2D eigenvalue weighted by atomic mass is 79.9. The van der Waals surface area contributed by atoms with Crippen molar-refractivity contribution in [2.45, 2.75) is 32.4 Å². The van der Waals surface area contributed by atoms with Crippen LogP contribution in [0, 0.1) is 5.82 Å². The molecule has 1 aliphatic carbocycles. The number of hydrogen-bond donors (Lipinski definition) is 1. The minimum absolute atomic E-state index is 0.149. The maximum absolute atomic E-state index is 13.6. The fourth-order valence-electron chi connectivity index (χ4n) is 2.48. The van der Waals surface area contributed by atoms with Crippen LogP contribution in [0.2, 0.25) is 0 Å². The summed E-state index contributed by atoms with van der Waals surface area (Å²) in [6.07, 6.45) is 3.77. The van der Waals surface area contributed by atoms with Crippen molar-refractivity contribution in [1.29, 1.82) is 0 Å². The third-order valence-corrected chi connectivity index (χ3v) is 5.15. The molecule has 2 aromatic rings. The van der Waals surface area contributed by atoms with E-state index in [1.807, 2.05) is 17.4 Å². The summed E-state index contributed by atoms with van der Waals surface area (Å²) in [5.74, 6) is -0.149. The largest absolute Gasteiger partial charge is 0.308 e. The fraction of sp³-hybridized carbons (Fsp3) is 0.333. The Kier molecular flexibility index (Phi) is 4.01. The molecule has 1 N–H and O–H groups in total. The van der Waals surface area contributed by atoms with Crippen molar-refractivity contribution in [3.05, 3.63) is 55.4 Å². The van der Waals surface area contributed by atoms with Gasteiger partial charge in [0.1, 0.15) is 5.82 Å². The van der Waals surface area contributed by atoms with Gasteiger partial charge < -0.3 is 5.32 Å². The summed E-state index contributed by atoms with van der Waals surface area (Å²) in [7, 11) is 0. The van der Waals surface area contributed by atoms with E-state index in [0.29, 0.717) is 12.1 Å². The predicted octanol–water partition coefficient (Wildman–Crippen LogP) is 4.43. The summed E-state index contributed by atoms with van der Waals surface area (Å²) < 4.78 is 14.5. The third-order valence-electron chi connectivity index (χ3n) is 3.42. The number of nitrogens with one attached hydrogen (secondary N) is 1. The first-order valence-electron chi connectivity index (χ1n) is 6.47. The highest BCUT2D eigenvalue weighted by Gasteiger charge is 2.14. The minimum atomic E-state index is -0.149. The van der Waals surface area contributed by atoms with E-state index < -0.39 is 0 Å². The van der Waals surface area contributed by atoms with Crippen LogP contribution in [0.1, 0.15) is 27.3 Å². The van der Waals surface area contributed by atoms with Crippen LogP contribution in [-0.2, 0) is 25.9 Å². The summed E-state index contributed by atoms with van der Waals surface area (Å²) in [5, 5.41) is 3.32. The van der Waals surface area contributed by atoms with E-state index in [0.717, 1.165) is 11.0 Å². The number of fused-ring (bicyclic) bond motifs is 1. The number of hydrogen-bond acceptors (Lipinski definition) is 2. The van der Waals surface area contributed by atoms with Crippen LogP contribution in [0.25, 0.3) is 0 Å². The molecule has 0 amide bonds. The SMILES string of the molecule is Fc1ccc(Br)cc1CNCc1cc2c(s1)CCC2. The van der Waals surface area contributed by atoms with Crippen LogP contribution in [0.5, 0.6) is 0 Å². The van der Waals surface area contributed by atoms with Crippen LogP contribution < -0.4 is 5.32 Å². The first-order valence-corrected chi connectivity index (χ1v) is 8.08. The minimum Gasteiger partial charge on any atom is -0.308 e. The van der Waals surface area contributed by atoms with Crippen molar-refractivity contribution >= 4 is 27.3 Å². The summed E-state index contributed by atoms with van der Waals surface area (Å²) in [6.45, 7) is 1.39. The average Bonchev–Trinajstić information content (AvgIpc) is 2.94.